The average molecular weight is 326 g/mol. The first-order valence-electron chi connectivity index (χ1n) is 6.56. The number of anilines is 1. The molecule has 0 saturated heterocycles. The lowest BCUT2D eigenvalue weighted by atomic mass is 10.2. The average Bonchev–Trinajstić information content (AvgIpc) is 2.47. The number of amides is 1. The summed E-state index contributed by atoms with van der Waals surface area (Å²) in [7, 11) is 0. The van der Waals surface area contributed by atoms with Gasteiger partial charge in [-0.25, -0.2) is 8.78 Å². The molecule has 3 nitrogen and oxygen atoms in total. The second kappa shape index (κ2) is 6.75. The van der Waals surface area contributed by atoms with Gasteiger partial charge in [0.2, 0.25) is 0 Å². The van der Waals surface area contributed by atoms with Crippen LogP contribution in [0.3, 0.4) is 0 Å². The summed E-state index contributed by atoms with van der Waals surface area (Å²) in [4.78, 5) is 12.1. The van der Waals surface area contributed by atoms with E-state index >= 15 is 0 Å². The monoisotopic (exact) mass is 325 g/mol. The number of benzene rings is 2. The Balaban J connectivity index is 2.06. The van der Waals surface area contributed by atoms with Gasteiger partial charge >= 0.3 is 0 Å². The molecular weight excluding hydrogens is 312 g/mol. The number of ether oxygens (including phenoxy) is 1. The molecule has 2 aromatic rings. The van der Waals surface area contributed by atoms with E-state index in [1.807, 2.05) is 0 Å². The lowest BCUT2D eigenvalue weighted by molar-refractivity contribution is -0.122. The van der Waals surface area contributed by atoms with Crippen LogP contribution >= 0.6 is 11.6 Å². The van der Waals surface area contributed by atoms with Crippen molar-refractivity contribution < 1.29 is 18.3 Å². The highest BCUT2D eigenvalue weighted by Gasteiger charge is 2.17. The molecule has 1 atom stereocenters. The van der Waals surface area contributed by atoms with E-state index in [0.717, 1.165) is 17.7 Å². The molecule has 0 aromatic heterocycles. The SMILES string of the molecule is Cc1c(Cl)cccc1NC(=O)[C@@H](C)Oc1ccc(F)c(F)c1. The minimum absolute atomic E-state index is 0.0735. The fourth-order valence-corrected chi connectivity index (χ4v) is 1.96. The van der Waals surface area contributed by atoms with Gasteiger partial charge in [0.1, 0.15) is 5.75 Å². The van der Waals surface area contributed by atoms with E-state index in [4.69, 9.17) is 16.3 Å². The smallest absolute Gasteiger partial charge is 0.265 e. The van der Waals surface area contributed by atoms with Gasteiger partial charge in [-0.1, -0.05) is 17.7 Å². The third kappa shape index (κ3) is 3.74. The van der Waals surface area contributed by atoms with Gasteiger partial charge in [0.25, 0.3) is 5.91 Å². The molecule has 0 fully saturated rings. The normalized spacial score (nSPS) is 11.9. The Kier molecular flexibility index (Phi) is 4.98. The van der Waals surface area contributed by atoms with Crippen LogP contribution in [-0.2, 0) is 4.79 Å². The molecule has 0 spiro atoms. The predicted octanol–water partition coefficient (Wildman–Crippen LogP) is 4.33. The molecule has 0 aliphatic rings. The number of carbonyl (C=O) groups excluding carboxylic acids is 1. The van der Waals surface area contributed by atoms with Crippen LogP contribution in [0.4, 0.5) is 14.5 Å². The molecule has 0 aliphatic heterocycles. The highest BCUT2D eigenvalue weighted by Crippen LogP contribution is 2.23. The number of carbonyl (C=O) groups is 1. The van der Waals surface area contributed by atoms with Crippen LogP contribution in [0.2, 0.25) is 5.02 Å². The highest BCUT2D eigenvalue weighted by molar-refractivity contribution is 6.31. The molecular formula is C16H14ClF2NO2. The topological polar surface area (TPSA) is 38.3 Å². The Labute approximate surface area is 131 Å². The third-order valence-electron chi connectivity index (χ3n) is 3.10. The van der Waals surface area contributed by atoms with Crippen molar-refractivity contribution in [1.29, 1.82) is 0 Å². The summed E-state index contributed by atoms with van der Waals surface area (Å²) in [6.45, 7) is 3.29. The molecule has 1 amide bonds. The van der Waals surface area contributed by atoms with Crippen LogP contribution in [0, 0.1) is 18.6 Å². The number of nitrogens with one attached hydrogen (secondary N) is 1. The van der Waals surface area contributed by atoms with Gasteiger partial charge in [-0.05, 0) is 43.7 Å². The van der Waals surface area contributed by atoms with Crippen molar-refractivity contribution in [3.05, 3.63) is 58.6 Å². The van der Waals surface area contributed by atoms with Crippen molar-refractivity contribution in [3.63, 3.8) is 0 Å². The first-order valence-corrected chi connectivity index (χ1v) is 6.94. The van der Waals surface area contributed by atoms with Crippen LogP contribution in [-0.4, -0.2) is 12.0 Å². The second-order valence-corrected chi connectivity index (χ2v) is 5.14. The van der Waals surface area contributed by atoms with Gasteiger partial charge in [-0.3, -0.25) is 4.79 Å². The zero-order valence-corrected chi connectivity index (χ0v) is 12.7. The minimum Gasteiger partial charge on any atom is -0.481 e. The zero-order valence-electron chi connectivity index (χ0n) is 12.0. The van der Waals surface area contributed by atoms with E-state index in [1.165, 1.54) is 13.0 Å². The second-order valence-electron chi connectivity index (χ2n) is 4.74. The lowest BCUT2D eigenvalue weighted by Crippen LogP contribution is -2.30. The van der Waals surface area contributed by atoms with Gasteiger partial charge in [0.05, 0.1) is 0 Å². The Hall–Kier alpha value is -2.14. The number of hydrogen-bond acceptors (Lipinski definition) is 2. The molecule has 0 unspecified atom stereocenters. The highest BCUT2D eigenvalue weighted by atomic mass is 35.5. The van der Waals surface area contributed by atoms with E-state index in [2.05, 4.69) is 5.32 Å². The standard InChI is InChI=1S/C16H14ClF2NO2/c1-9-12(17)4-3-5-15(9)20-16(21)10(2)22-11-6-7-13(18)14(19)8-11/h3-8,10H,1-2H3,(H,20,21)/t10-/m1/s1. The quantitative estimate of drug-likeness (QED) is 0.908. The number of halogens is 3. The lowest BCUT2D eigenvalue weighted by Gasteiger charge is -2.16. The summed E-state index contributed by atoms with van der Waals surface area (Å²) in [6.07, 6.45) is -0.886. The molecule has 0 radical (unpaired) electrons. The molecule has 116 valence electrons. The van der Waals surface area contributed by atoms with E-state index in [1.54, 1.807) is 25.1 Å². The van der Waals surface area contributed by atoms with Gasteiger partial charge < -0.3 is 10.1 Å². The summed E-state index contributed by atoms with van der Waals surface area (Å²) in [5, 5.41) is 3.22. The molecule has 2 rings (SSSR count). The van der Waals surface area contributed by atoms with Crippen molar-refractivity contribution in [2.75, 3.05) is 5.32 Å². The van der Waals surface area contributed by atoms with Gasteiger partial charge in [-0.15, -0.1) is 0 Å². The Morgan fingerprint density at radius 1 is 1.23 bits per heavy atom. The van der Waals surface area contributed by atoms with E-state index < -0.39 is 23.6 Å². The molecule has 0 heterocycles. The van der Waals surface area contributed by atoms with Gasteiger partial charge in [0, 0.05) is 16.8 Å². The van der Waals surface area contributed by atoms with Crippen LogP contribution < -0.4 is 10.1 Å². The van der Waals surface area contributed by atoms with Crippen molar-refractivity contribution in [2.45, 2.75) is 20.0 Å². The van der Waals surface area contributed by atoms with Crippen molar-refractivity contribution in [3.8, 4) is 5.75 Å². The maximum atomic E-state index is 13.1. The molecule has 0 saturated carbocycles. The summed E-state index contributed by atoms with van der Waals surface area (Å²) < 4.78 is 31.2. The van der Waals surface area contributed by atoms with Crippen LogP contribution in [0.25, 0.3) is 0 Å². The summed E-state index contributed by atoms with van der Waals surface area (Å²) in [6, 6.07) is 8.23. The van der Waals surface area contributed by atoms with E-state index in [-0.39, 0.29) is 5.75 Å². The van der Waals surface area contributed by atoms with Crippen LogP contribution in [0.5, 0.6) is 5.75 Å². The predicted molar refractivity (Wildman–Crippen MR) is 81.3 cm³/mol. The zero-order chi connectivity index (χ0) is 16.3. The Morgan fingerprint density at radius 3 is 2.64 bits per heavy atom. The first kappa shape index (κ1) is 16.2. The van der Waals surface area contributed by atoms with Crippen molar-refractivity contribution >= 4 is 23.2 Å². The van der Waals surface area contributed by atoms with Gasteiger partial charge in [-0.2, -0.15) is 0 Å². The van der Waals surface area contributed by atoms with E-state index in [0.29, 0.717) is 10.7 Å². The first-order chi connectivity index (χ1) is 10.4. The molecule has 6 heteroatoms. The molecule has 2 aromatic carbocycles. The van der Waals surface area contributed by atoms with Crippen LogP contribution in [0.1, 0.15) is 12.5 Å². The maximum absolute atomic E-state index is 13.1. The Bertz CT molecular complexity index is 707. The summed E-state index contributed by atoms with van der Waals surface area (Å²) >= 11 is 5.98. The Morgan fingerprint density at radius 2 is 1.95 bits per heavy atom. The molecule has 22 heavy (non-hydrogen) atoms. The van der Waals surface area contributed by atoms with Crippen molar-refractivity contribution in [2.24, 2.45) is 0 Å². The van der Waals surface area contributed by atoms with Crippen molar-refractivity contribution in [1.82, 2.24) is 0 Å². The number of rotatable bonds is 4. The van der Waals surface area contributed by atoms with Gasteiger partial charge in [0.15, 0.2) is 17.7 Å². The fourth-order valence-electron chi connectivity index (χ4n) is 1.79. The fraction of sp³-hybridized carbons (Fsp3) is 0.188. The largest absolute Gasteiger partial charge is 0.481 e. The minimum atomic E-state index is -1.03. The molecule has 0 aliphatic carbocycles. The number of hydrogen-bond donors (Lipinski definition) is 1. The maximum Gasteiger partial charge on any atom is 0.265 e. The summed E-state index contributed by atoms with van der Waals surface area (Å²) in [5.74, 6) is -2.35. The third-order valence-corrected chi connectivity index (χ3v) is 3.51. The molecule has 0 bridgehead atoms. The van der Waals surface area contributed by atoms with E-state index in [9.17, 15) is 13.6 Å². The summed E-state index contributed by atoms with van der Waals surface area (Å²) in [5.41, 5.74) is 1.30. The van der Waals surface area contributed by atoms with Crippen LogP contribution in [0.15, 0.2) is 36.4 Å². The molecule has 1 N–H and O–H groups in total.